The number of halogens is 1. The van der Waals surface area contributed by atoms with Gasteiger partial charge in [-0.1, -0.05) is 6.92 Å². The molecule has 21 heavy (non-hydrogen) atoms. The summed E-state index contributed by atoms with van der Waals surface area (Å²) in [5.41, 5.74) is 3.14. The van der Waals surface area contributed by atoms with Crippen LogP contribution in [0.1, 0.15) is 19.4 Å². The molecule has 0 unspecified atom stereocenters. The Labute approximate surface area is 136 Å². The molecule has 6 nitrogen and oxygen atoms in total. The highest BCUT2D eigenvalue weighted by molar-refractivity contribution is 9.10. The van der Waals surface area contributed by atoms with Gasteiger partial charge in [-0.3, -0.25) is 4.72 Å². The highest BCUT2D eigenvalue weighted by Crippen LogP contribution is 2.36. The van der Waals surface area contributed by atoms with E-state index in [2.05, 4.69) is 31.2 Å². The van der Waals surface area contributed by atoms with Crippen molar-refractivity contribution >= 4 is 40.1 Å². The number of amides is 2. The number of nitrogens with zero attached hydrogens (tertiary/aromatic N) is 1. The topological polar surface area (TPSA) is 72.0 Å². The van der Waals surface area contributed by atoms with Gasteiger partial charge in [-0.25, -0.2) is 10.2 Å². The molecule has 1 aromatic rings. The van der Waals surface area contributed by atoms with Crippen LogP contribution >= 0.6 is 27.9 Å². The normalized spacial score (nSPS) is 10.5. The quantitative estimate of drug-likeness (QED) is 0.436. The fraction of sp³-hybridized carbons (Fsp3) is 0.385. The van der Waals surface area contributed by atoms with Gasteiger partial charge in [0.15, 0.2) is 11.5 Å². The molecule has 0 fully saturated rings. The predicted octanol–water partition coefficient (Wildman–Crippen LogP) is 3.16. The maximum Gasteiger partial charge on any atom is 0.345 e. The average molecular weight is 376 g/mol. The number of carbonyl (C=O) groups is 1. The number of hydrogen-bond donors (Lipinski definition) is 2. The second kappa shape index (κ2) is 9.51. The van der Waals surface area contributed by atoms with E-state index in [-0.39, 0.29) is 6.03 Å². The Morgan fingerprint density at radius 2 is 2.24 bits per heavy atom. The summed E-state index contributed by atoms with van der Waals surface area (Å²) in [5.74, 6) is 2.03. The van der Waals surface area contributed by atoms with Crippen LogP contribution in [0, 0.1) is 0 Å². The summed E-state index contributed by atoms with van der Waals surface area (Å²) in [4.78, 5) is 11.3. The van der Waals surface area contributed by atoms with Gasteiger partial charge in [0, 0.05) is 5.75 Å². The molecule has 2 amide bonds. The van der Waals surface area contributed by atoms with Gasteiger partial charge in [-0.2, -0.15) is 5.10 Å². The molecule has 1 aromatic carbocycles. The van der Waals surface area contributed by atoms with Crippen LogP contribution in [0.25, 0.3) is 0 Å². The minimum absolute atomic E-state index is 0.366. The third-order valence-corrected chi connectivity index (χ3v) is 3.44. The lowest BCUT2D eigenvalue weighted by Gasteiger charge is -2.11. The standard InChI is InChI=1S/C13H18BrN3O3S/c1-4-20-12-10(14)6-9(7-11(12)19-3)8-15-16-13(18)17-21-5-2/h6-8H,4-5H2,1-3H3,(H2,16,17,18)/b15-8+. The minimum atomic E-state index is -0.366. The Kier molecular flexibility index (Phi) is 7.99. The number of rotatable bonds is 7. The van der Waals surface area contributed by atoms with Crippen molar-refractivity contribution in [2.45, 2.75) is 13.8 Å². The molecule has 0 aliphatic heterocycles. The number of hydrazone groups is 1. The van der Waals surface area contributed by atoms with Gasteiger partial charge in [0.05, 0.1) is 24.4 Å². The van der Waals surface area contributed by atoms with Gasteiger partial charge >= 0.3 is 6.03 Å². The third-order valence-electron chi connectivity index (χ3n) is 2.23. The van der Waals surface area contributed by atoms with Crippen molar-refractivity contribution in [1.82, 2.24) is 10.1 Å². The lowest BCUT2D eigenvalue weighted by atomic mass is 10.2. The van der Waals surface area contributed by atoms with Gasteiger partial charge in [0.2, 0.25) is 0 Å². The van der Waals surface area contributed by atoms with Crippen molar-refractivity contribution in [2.75, 3.05) is 19.5 Å². The molecule has 8 heteroatoms. The SMILES string of the molecule is CCOc1c(Br)cc(/C=N/NC(=O)NSCC)cc1OC. The summed E-state index contributed by atoms with van der Waals surface area (Å²) in [6, 6.07) is 3.24. The molecule has 0 heterocycles. The van der Waals surface area contributed by atoms with Crippen LogP contribution < -0.4 is 19.6 Å². The zero-order valence-corrected chi connectivity index (χ0v) is 14.5. The molecule has 0 bridgehead atoms. The summed E-state index contributed by atoms with van der Waals surface area (Å²) in [7, 11) is 1.57. The lowest BCUT2D eigenvalue weighted by Crippen LogP contribution is -2.27. The predicted molar refractivity (Wildman–Crippen MR) is 89.3 cm³/mol. The first-order chi connectivity index (χ1) is 10.1. The van der Waals surface area contributed by atoms with E-state index in [0.29, 0.717) is 18.1 Å². The van der Waals surface area contributed by atoms with E-state index in [4.69, 9.17) is 9.47 Å². The number of benzene rings is 1. The molecule has 0 aliphatic rings. The van der Waals surface area contributed by atoms with Crippen LogP contribution in [0.3, 0.4) is 0 Å². The molecule has 0 atom stereocenters. The number of methoxy groups -OCH3 is 1. The highest BCUT2D eigenvalue weighted by Gasteiger charge is 2.10. The lowest BCUT2D eigenvalue weighted by molar-refractivity contribution is 0.247. The number of carbonyl (C=O) groups excluding carboxylic acids is 1. The second-order valence-electron chi connectivity index (χ2n) is 3.70. The van der Waals surface area contributed by atoms with Crippen molar-refractivity contribution in [2.24, 2.45) is 5.10 Å². The maximum atomic E-state index is 11.3. The molecule has 1 rings (SSSR count). The van der Waals surface area contributed by atoms with Crippen LogP contribution in [-0.4, -0.2) is 31.7 Å². The van der Waals surface area contributed by atoms with Gasteiger partial charge in [-0.05, 0) is 52.5 Å². The van der Waals surface area contributed by atoms with Crippen molar-refractivity contribution < 1.29 is 14.3 Å². The van der Waals surface area contributed by atoms with Gasteiger partial charge in [0.25, 0.3) is 0 Å². The second-order valence-corrected chi connectivity index (χ2v) is 5.63. The minimum Gasteiger partial charge on any atom is -0.493 e. The average Bonchev–Trinajstić information content (AvgIpc) is 2.47. The Balaban J connectivity index is 2.75. The molecular formula is C13H18BrN3O3S. The van der Waals surface area contributed by atoms with E-state index < -0.39 is 0 Å². The van der Waals surface area contributed by atoms with Gasteiger partial charge in [0.1, 0.15) is 0 Å². The molecule has 0 spiro atoms. The van der Waals surface area contributed by atoms with Crippen LogP contribution in [0.5, 0.6) is 11.5 Å². The van der Waals surface area contributed by atoms with Gasteiger partial charge < -0.3 is 9.47 Å². The number of ether oxygens (including phenoxy) is 2. The summed E-state index contributed by atoms with van der Waals surface area (Å²) in [6.07, 6.45) is 1.53. The summed E-state index contributed by atoms with van der Waals surface area (Å²) < 4.78 is 14.1. The van der Waals surface area contributed by atoms with E-state index >= 15 is 0 Å². The summed E-state index contributed by atoms with van der Waals surface area (Å²) in [5, 5.41) is 3.87. The smallest absolute Gasteiger partial charge is 0.345 e. The Bertz CT molecular complexity index is 512. The summed E-state index contributed by atoms with van der Waals surface area (Å²) >= 11 is 4.72. The Morgan fingerprint density at radius 1 is 1.48 bits per heavy atom. The first-order valence-corrected chi connectivity index (χ1v) is 8.11. The largest absolute Gasteiger partial charge is 0.493 e. The molecule has 116 valence electrons. The van der Waals surface area contributed by atoms with Crippen molar-refractivity contribution in [1.29, 1.82) is 0 Å². The Morgan fingerprint density at radius 3 is 2.86 bits per heavy atom. The van der Waals surface area contributed by atoms with Crippen LogP contribution in [0.4, 0.5) is 4.79 Å². The van der Waals surface area contributed by atoms with Crippen LogP contribution in [0.2, 0.25) is 0 Å². The van der Waals surface area contributed by atoms with Crippen LogP contribution in [0.15, 0.2) is 21.7 Å². The first kappa shape index (κ1) is 17.6. The Hall–Kier alpha value is -1.41. The monoisotopic (exact) mass is 375 g/mol. The maximum absolute atomic E-state index is 11.3. The van der Waals surface area contributed by atoms with E-state index in [1.807, 2.05) is 19.9 Å². The molecule has 0 saturated carbocycles. The van der Waals surface area contributed by atoms with E-state index in [9.17, 15) is 4.79 Å². The van der Waals surface area contributed by atoms with Crippen molar-refractivity contribution in [3.8, 4) is 11.5 Å². The molecule has 0 aromatic heterocycles. The number of hydrogen-bond acceptors (Lipinski definition) is 5. The van der Waals surface area contributed by atoms with Gasteiger partial charge in [-0.15, -0.1) is 0 Å². The molecular weight excluding hydrogens is 358 g/mol. The van der Waals surface area contributed by atoms with Crippen LogP contribution in [-0.2, 0) is 0 Å². The zero-order valence-electron chi connectivity index (χ0n) is 12.1. The molecule has 2 N–H and O–H groups in total. The number of nitrogens with one attached hydrogen (secondary N) is 2. The van der Waals surface area contributed by atoms with Crippen molar-refractivity contribution in [3.63, 3.8) is 0 Å². The van der Waals surface area contributed by atoms with E-state index in [1.165, 1.54) is 18.2 Å². The highest BCUT2D eigenvalue weighted by atomic mass is 79.9. The molecule has 0 saturated heterocycles. The van der Waals surface area contributed by atoms with Crippen molar-refractivity contribution in [3.05, 3.63) is 22.2 Å². The van der Waals surface area contributed by atoms with E-state index in [1.54, 1.807) is 13.2 Å². The fourth-order valence-corrected chi connectivity index (χ4v) is 2.32. The third kappa shape index (κ3) is 5.84. The number of urea groups is 1. The fourth-order valence-electron chi connectivity index (χ4n) is 1.42. The van der Waals surface area contributed by atoms with E-state index in [0.717, 1.165) is 15.8 Å². The molecule has 0 radical (unpaired) electrons. The zero-order chi connectivity index (χ0) is 15.7. The summed E-state index contributed by atoms with van der Waals surface area (Å²) in [6.45, 7) is 4.38. The molecule has 0 aliphatic carbocycles. The first-order valence-electron chi connectivity index (χ1n) is 6.33.